The molecule has 0 saturated carbocycles. The molecule has 1 unspecified atom stereocenters. The number of nitrogens with one attached hydrogen (secondary N) is 1. The van der Waals surface area contributed by atoms with Gasteiger partial charge >= 0.3 is 5.97 Å². The summed E-state index contributed by atoms with van der Waals surface area (Å²) in [6.45, 7) is 4.44. The fraction of sp³-hybridized carbons (Fsp3) is 0.241. The molecule has 0 aliphatic carbocycles. The lowest BCUT2D eigenvalue weighted by Gasteiger charge is -2.34. The standard InChI is InChI=1S/C29H29N3O4/c1-3-36-29(35)27-20(2)32(26(33)17-25(27)23-9-5-4-6-10-23)19-22-8-7-11-24(16-22)28(34)31-18-21-12-14-30-15-13-21/h4-16,25H,3,17-19H2,1-2H3,(H,31,34). The van der Waals surface area contributed by atoms with E-state index in [1.165, 1.54) is 0 Å². The van der Waals surface area contributed by atoms with Crippen molar-refractivity contribution in [1.29, 1.82) is 0 Å². The average molecular weight is 484 g/mol. The van der Waals surface area contributed by atoms with E-state index in [-0.39, 0.29) is 37.3 Å². The molecule has 0 saturated heterocycles. The smallest absolute Gasteiger partial charge is 0.336 e. The normalized spacial score (nSPS) is 15.6. The molecule has 2 heterocycles. The fourth-order valence-electron chi connectivity index (χ4n) is 4.43. The van der Waals surface area contributed by atoms with Crippen molar-refractivity contribution in [2.45, 2.75) is 39.3 Å². The second-order valence-electron chi connectivity index (χ2n) is 8.61. The first-order valence-corrected chi connectivity index (χ1v) is 12.0. The average Bonchev–Trinajstić information content (AvgIpc) is 2.90. The number of benzene rings is 2. The van der Waals surface area contributed by atoms with Gasteiger partial charge in [0.25, 0.3) is 5.91 Å². The molecule has 1 N–H and O–H groups in total. The molecule has 7 nitrogen and oxygen atoms in total. The number of allylic oxidation sites excluding steroid dienone is 1. The van der Waals surface area contributed by atoms with Gasteiger partial charge in [0.05, 0.1) is 18.7 Å². The molecule has 0 fully saturated rings. The van der Waals surface area contributed by atoms with Crippen molar-refractivity contribution in [2.75, 3.05) is 6.61 Å². The number of pyridine rings is 1. The predicted octanol–water partition coefficient (Wildman–Crippen LogP) is 4.36. The summed E-state index contributed by atoms with van der Waals surface area (Å²) in [6, 6.07) is 20.4. The Kier molecular flexibility index (Phi) is 7.90. The van der Waals surface area contributed by atoms with Gasteiger partial charge in [-0.1, -0.05) is 42.5 Å². The quantitative estimate of drug-likeness (QED) is 0.481. The molecule has 1 aromatic heterocycles. The van der Waals surface area contributed by atoms with Crippen LogP contribution in [0, 0.1) is 0 Å². The zero-order valence-electron chi connectivity index (χ0n) is 20.4. The lowest BCUT2D eigenvalue weighted by atomic mass is 9.83. The van der Waals surface area contributed by atoms with Gasteiger partial charge in [-0.15, -0.1) is 0 Å². The summed E-state index contributed by atoms with van der Waals surface area (Å²) >= 11 is 0. The van der Waals surface area contributed by atoms with Crippen molar-refractivity contribution in [3.63, 3.8) is 0 Å². The van der Waals surface area contributed by atoms with Crippen LogP contribution in [0.15, 0.2) is 90.4 Å². The minimum absolute atomic E-state index is 0.0815. The number of carbonyl (C=O) groups is 3. The van der Waals surface area contributed by atoms with Gasteiger partial charge < -0.3 is 15.0 Å². The van der Waals surface area contributed by atoms with E-state index >= 15 is 0 Å². The number of amides is 2. The largest absolute Gasteiger partial charge is 0.463 e. The van der Waals surface area contributed by atoms with E-state index in [1.54, 1.807) is 49.3 Å². The van der Waals surface area contributed by atoms with Crippen LogP contribution in [0.2, 0.25) is 0 Å². The summed E-state index contributed by atoms with van der Waals surface area (Å²) in [7, 11) is 0. The molecule has 184 valence electrons. The van der Waals surface area contributed by atoms with Gasteiger partial charge in [-0.05, 0) is 54.8 Å². The van der Waals surface area contributed by atoms with Crippen LogP contribution in [-0.4, -0.2) is 34.3 Å². The van der Waals surface area contributed by atoms with Crippen molar-refractivity contribution in [3.8, 4) is 0 Å². The zero-order chi connectivity index (χ0) is 25.5. The fourth-order valence-corrected chi connectivity index (χ4v) is 4.43. The maximum Gasteiger partial charge on any atom is 0.336 e. The molecule has 1 aliphatic heterocycles. The monoisotopic (exact) mass is 483 g/mol. The van der Waals surface area contributed by atoms with Crippen molar-refractivity contribution in [2.24, 2.45) is 0 Å². The van der Waals surface area contributed by atoms with Crippen LogP contribution in [0.4, 0.5) is 0 Å². The SMILES string of the molecule is CCOC(=O)C1=C(C)N(Cc2cccc(C(=O)NCc3ccncc3)c2)C(=O)CC1c1ccccc1. The molecule has 2 aromatic carbocycles. The molecule has 0 spiro atoms. The van der Waals surface area contributed by atoms with E-state index in [4.69, 9.17) is 4.74 Å². The molecule has 1 aliphatic rings. The van der Waals surface area contributed by atoms with Crippen LogP contribution in [0.3, 0.4) is 0 Å². The van der Waals surface area contributed by atoms with Crippen LogP contribution in [0.25, 0.3) is 0 Å². The Hall–Kier alpha value is -4.26. The molecular formula is C29H29N3O4. The van der Waals surface area contributed by atoms with Gasteiger partial charge in [-0.3, -0.25) is 14.6 Å². The molecule has 4 rings (SSSR count). The summed E-state index contributed by atoms with van der Waals surface area (Å²) in [5.41, 5.74) is 4.22. The summed E-state index contributed by atoms with van der Waals surface area (Å²) in [5, 5.41) is 2.91. The van der Waals surface area contributed by atoms with Gasteiger partial charge in [-0.25, -0.2) is 4.79 Å². The van der Waals surface area contributed by atoms with E-state index in [0.717, 1.165) is 16.7 Å². The van der Waals surface area contributed by atoms with Crippen LogP contribution >= 0.6 is 0 Å². The third-order valence-corrected chi connectivity index (χ3v) is 6.25. The number of nitrogens with zero attached hydrogens (tertiary/aromatic N) is 2. The number of rotatable bonds is 8. The number of hydrogen-bond donors (Lipinski definition) is 1. The Morgan fingerprint density at radius 3 is 2.50 bits per heavy atom. The van der Waals surface area contributed by atoms with Gasteiger partial charge in [-0.2, -0.15) is 0 Å². The van der Waals surface area contributed by atoms with Gasteiger partial charge in [0, 0.05) is 42.5 Å². The number of ether oxygens (including phenoxy) is 1. The predicted molar refractivity (Wildman–Crippen MR) is 136 cm³/mol. The van der Waals surface area contributed by atoms with Crippen molar-refractivity contribution < 1.29 is 19.1 Å². The van der Waals surface area contributed by atoms with Crippen LogP contribution in [-0.2, 0) is 27.4 Å². The first kappa shape index (κ1) is 24.9. The summed E-state index contributed by atoms with van der Waals surface area (Å²) in [5.74, 6) is -1.06. The van der Waals surface area contributed by atoms with Crippen LogP contribution < -0.4 is 5.32 Å². The van der Waals surface area contributed by atoms with Crippen molar-refractivity contribution in [1.82, 2.24) is 15.2 Å². The van der Waals surface area contributed by atoms with E-state index in [1.807, 2.05) is 48.5 Å². The minimum Gasteiger partial charge on any atom is -0.463 e. The highest BCUT2D eigenvalue weighted by Gasteiger charge is 2.36. The van der Waals surface area contributed by atoms with Crippen LogP contribution in [0.1, 0.15) is 53.2 Å². The molecular weight excluding hydrogens is 454 g/mol. The Morgan fingerprint density at radius 1 is 1.03 bits per heavy atom. The van der Waals surface area contributed by atoms with Gasteiger partial charge in [0.2, 0.25) is 5.91 Å². The zero-order valence-corrected chi connectivity index (χ0v) is 20.4. The molecule has 0 bridgehead atoms. The van der Waals surface area contributed by atoms with E-state index in [0.29, 0.717) is 23.4 Å². The Balaban J connectivity index is 1.56. The van der Waals surface area contributed by atoms with Crippen molar-refractivity contribution >= 4 is 17.8 Å². The number of carbonyl (C=O) groups excluding carboxylic acids is 3. The summed E-state index contributed by atoms with van der Waals surface area (Å²) < 4.78 is 5.36. The molecule has 2 amide bonds. The second kappa shape index (κ2) is 11.4. The topological polar surface area (TPSA) is 88.6 Å². The summed E-state index contributed by atoms with van der Waals surface area (Å²) in [6.07, 6.45) is 3.53. The molecule has 7 heteroatoms. The lowest BCUT2D eigenvalue weighted by molar-refractivity contribution is -0.140. The summed E-state index contributed by atoms with van der Waals surface area (Å²) in [4.78, 5) is 44.5. The van der Waals surface area contributed by atoms with Crippen molar-refractivity contribution in [3.05, 3.63) is 113 Å². The Morgan fingerprint density at radius 2 is 1.78 bits per heavy atom. The molecule has 3 aromatic rings. The molecule has 0 radical (unpaired) electrons. The van der Waals surface area contributed by atoms with E-state index < -0.39 is 5.97 Å². The highest BCUT2D eigenvalue weighted by Crippen LogP contribution is 2.37. The van der Waals surface area contributed by atoms with Gasteiger partial charge in [0.1, 0.15) is 0 Å². The molecule has 36 heavy (non-hydrogen) atoms. The first-order valence-electron chi connectivity index (χ1n) is 12.0. The highest BCUT2D eigenvalue weighted by atomic mass is 16.5. The van der Waals surface area contributed by atoms with E-state index in [2.05, 4.69) is 10.3 Å². The second-order valence-corrected chi connectivity index (χ2v) is 8.61. The Labute approximate surface area is 210 Å². The maximum absolute atomic E-state index is 13.3. The number of esters is 1. The van der Waals surface area contributed by atoms with Gasteiger partial charge in [0.15, 0.2) is 0 Å². The highest BCUT2D eigenvalue weighted by molar-refractivity contribution is 5.96. The third kappa shape index (κ3) is 5.68. The first-order chi connectivity index (χ1) is 17.5. The maximum atomic E-state index is 13.3. The number of aromatic nitrogens is 1. The van der Waals surface area contributed by atoms with E-state index in [9.17, 15) is 14.4 Å². The minimum atomic E-state index is -0.411. The third-order valence-electron chi connectivity index (χ3n) is 6.25. The Bertz CT molecular complexity index is 1270. The lowest BCUT2D eigenvalue weighted by Crippen LogP contribution is -2.38. The molecule has 1 atom stereocenters. The number of hydrogen-bond acceptors (Lipinski definition) is 5. The van der Waals surface area contributed by atoms with Crippen LogP contribution in [0.5, 0.6) is 0 Å².